The summed E-state index contributed by atoms with van der Waals surface area (Å²) >= 11 is 3.49. The van der Waals surface area contributed by atoms with Crippen LogP contribution in [0.3, 0.4) is 0 Å². The van der Waals surface area contributed by atoms with Gasteiger partial charge < -0.3 is 5.11 Å². The monoisotopic (exact) mass is 322 g/mol. The second-order valence-corrected chi connectivity index (χ2v) is 5.96. The van der Waals surface area contributed by atoms with Crippen LogP contribution >= 0.6 is 15.9 Å². The van der Waals surface area contributed by atoms with Gasteiger partial charge in [0.1, 0.15) is 0 Å². The highest BCUT2D eigenvalue weighted by Gasteiger charge is 2.12. The first-order valence-electron chi connectivity index (χ1n) is 6.45. The van der Waals surface area contributed by atoms with Gasteiger partial charge in [-0.05, 0) is 44.0 Å². The smallest absolute Gasteiger partial charge is 0.0846 e. The van der Waals surface area contributed by atoms with E-state index in [1.807, 2.05) is 42.1 Å². The highest BCUT2D eigenvalue weighted by Crippen LogP contribution is 2.24. The molecule has 102 valence electrons. The topological polar surface area (TPSA) is 38.0 Å². The van der Waals surface area contributed by atoms with Crippen molar-refractivity contribution >= 4 is 15.9 Å². The van der Waals surface area contributed by atoms with Gasteiger partial charge in [-0.2, -0.15) is 5.10 Å². The molecule has 4 heteroatoms. The molecule has 0 aliphatic carbocycles. The van der Waals surface area contributed by atoms with Crippen LogP contribution in [0.2, 0.25) is 0 Å². The largest absolute Gasteiger partial charge is 0.388 e. The van der Waals surface area contributed by atoms with Gasteiger partial charge in [0, 0.05) is 23.1 Å². The number of aliphatic hydroxyl groups is 1. The summed E-state index contributed by atoms with van der Waals surface area (Å²) in [6.07, 6.45) is 1.97. The summed E-state index contributed by atoms with van der Waals surface area (Å²) in [5.74, 6) is 0. The van der Waals surface area contributed by atoms with Crippen LogP contribution in [0.25, 0.3) is 0 Å². The van der Waals surface area contributed by atoms with Crippen molar-refractivity contribution in [1.82, 2.24) is 9.78 Å². The van der Waals surface area contributed by atoms with E-state index in [-0.39, 0.29) is 0 Å². The number of benzene rings is 1. The van der Waals surface area contributed by atoms with Crippen molar-refractivity contribution in [2.75, 3.05) is 0 Å². The summed E-state index contributed by atoms with van der Waals surface area (Å²) in [5, 5.41) is 14.7. The Kier molecular flexibility index (Phi) is 4.42. The van der Waals surface area contributed by atoms with E-state index < -0.39 is 6.10 Å². The summed E-state index contributed by atoms with van der Waals surface area (Å²) in [5.41, 5.74) is 2.99. The van der Waals surface area contributed by atoms with Crippen LogP contribution in [0.4, 0.5) is 0 Å². The zero-order valence-corrected chi connectivity index (χ0v) is 13.1. The van der Waals surface area contributed by atoms with Crippen molar-refractivity contribution in [3.8, 4) is 0 Å². The maximum Gasteiger partial charge on any atom is 0.0846 e. The van der Waals surface area contributed by atoms with Gasteiger partial charge in [0.05, 0.1) is 11.8 Å². The van der Waals surface area contributed by atoms with Crippen molar-refractivity contribution < 1.29 is 5.11 Å². The molecule has 0 radical (unpaired) electrons. The molecule has 0 aliphatic heterocycles. The van der Waals surface area contributed by atoms with E-state index in [4.69, 9.17) is 0 Å². The Hall–Kier alpha value is -1.13. The second-order valence-electron chi connectivity index (χ2n) is 5.11. The fourth-order valence-electron chi connectivity index (χ4n) is 1.91. The quantitative estimate of drug-likeness (QED) is 0.929. The molecule has 0 saturated heterocycles. The summed E-state index contributed by atoms with van der Waals surface area (Å²) in [4.78, 5) is 0. The predicted octanol–water partition coefficient (Wildman–Crippen LogP) is 3.81. The summed E-state index contributed by atoms with van der Waals surface area (Å²) in [7, 11) is 0. The summed E-state index contributed by atoms with van der Waals surface area (Å²) in [6, 6.07) is 8.25. The van der Waals surface area contributed by atoms with Crippen LogP contribution in [-0.2, 0) is 6.42 Å². The molecule has 1 unspecified atom stereocenters. The number of rotatable bonds is 4. The second kappa shape index (κ2) is 5.88. The number of nitrogens with zero attached hydrogens (tertiary/aromatic N) is 2. The van der Waals surface area contributed by atoms with Crippen molar-refractivity contribution in [3.05, 3.63) is 51.8 Å². The van der Waals surface area contributed by atoms with Crippen LogP contribution < -0.4 is 0 Å². The lowest BCUT2D eigenvalue weighted by Crippen LogP contribution is -2.05. The first kappa shape index (κ1) is 14.3. The van der Waals surface area contributed by atoms with Gasteiger partial charge in [0.2, 0.25) is 0 Å². The molecule has 19 heavy (non-hydrogen) atoms. The van der Waals surface area contributed by atoms with Crippen molar-refractivity contribution in [2.45, 2.75) is 39.3 Å². The lowest BCUT2D eigenvalue weighted by atomic mass is 10.0. The Bertz CT molecular complexity index is 563. The average molecular weight is 323 g/mol. The number of hydrogen-bond acceptors (Lipinski definition) is 2. The Morgan fingerprint density at radius 3 is 2.63 bits per heavy atom. The third-order valence-corrected chi connectivity index (χ3v) is 4.03. The van der Waals surface area contributed by atoms with Crippen molar-refractivity contribution in [1.29, 1.82) is 0 Å². The number of halogens is 1. The van der Waals surface area contributed by atoms with Gasteiger partial charge in [0.15, 0.2) is 0 Å². The Balaban J connectivity index is 2.11. The molecular formula is C15H19BrN2O. The SMILES string of the molecule is Cc1ccc(C(O)Cc2ccn(C(C)C)n2)cc1Br. The highest BCUT2D eigenvalue weighted by molar-refractivity contribution is 9.10. The van der Waals surface area contributed by atoms with Crippen LogP contribution in [0.1, 0.15) is 42.8 Å². The molecule has 1 aromatic carbocycles. The first-order valence-corrected chi connectivity index (χ1v) is 7.25. The van der Waals surface area contributed by atoms with Crippen LogP contribution in [0.15, 0.2) is 34.9 Å². The fourth-order valence-corrected chi connectivity index (χ4v) is 2.30. The average Bonchev–Trinajstić information content (AvgIpc) is 2.81. The third-order valence-electron chi connectivity index (χ3n) is 3.18. The van der Waals surface area contributed by atoms with Crippen LogP contribution in [0.5, 0.6) is 0 Å². The van der Waals surface area contributed by atoms with E-state index >= 15 is 0 Å². The van der Waals surface area contributed by atoms with Crippen molar-refractivity contribution in [2.24, 2.45) is 0 Å². The molecule has 1 N–H and O–H groups in total. The standard InChI is InChI=1S/C15H19BrN2O/c1-10(2)18-7-6-13(17-18)9-15(19)12-5-4-11(3)14(16)8-12/h4-8,10,15,19H,9H2,1-3H3. The minimum absolute atomic E-state index is 0.347. The van der Waals surface area contributed by atoms with Gasteiger partial charge in [-0.25, -0.2) is 0 Å². The lowest BCUT2D eigenvalue weighted by Gasteiger charge is -2.11. The Morgan fingerprint density at radius 2 is 2.05 bits per heavy atom. The molecule has 0 amide bonds. The lowest BCUT2D eigenvalue weighted by molar-refractivity contribution is 0.176. The number of aromatic nitrogens is 2. The van der Waals surface area contributed by atoms with E-state index in [2.05, 4.69) is 34.9 Å². The van der Waals surface area contributed by atoms with E-state index in [9.17, 15) is 5.11 Å². The molecule has 3 nitrogen and oxygen atoms in total. The molecule has 0 saturated carbocycles. The third kappa shape index (κ3) is 3.45. The fraction of sp³-hybridized carbons (Fsp3) is 0.400. The minimum atomic E-state index is -0.521. The molecule has 0 aliphatic rings. The molecule has 1 aromatic heterocycles. The predicted molar refractivity (Wildman–Crippen MR) is 80.2 cm³/mol. The van der Waals surface area contributed by atoms with Gasteiger partial charge >= 0.3 is 0 Å². The van der Waals surface area contributed by atoms with E-state index in [1.165, 1.54) is 5.56 Å². The molecule has 1 heterocycles. The van der Waals surface area contributed by atoms with E-state index in [1.54, 1.807) is 0 Å². The number of aryl methyl sites for hydroxylation is 1. The summed E-state index contributed by atoms with van der Waals surface area (Å²) < 4.78 is 2.93. The number of aliphatic hydroxyl groups excluding tert-OH is 1. The Labute approximate surface area is 122 Å². The number of hydrogen-bond donors (Lipinski definition) is 1. The molecule has 0 spiro atoms. The van der Waals surface area contributed by atoms with Gasteiger partial charge in [0.25, 0.3) is 0 Å². The zero-order valence-electron chi connectivity index (χ0n) is 11.5. The maximum atomic E-state index is 10.3. The molecule has 1 atom stereocenters. The van der Waals surface area contributed by atoms with E-state index in [0.29, 0.717) is 12.5 Å². The minimum Gasteiger partial charge on any atom is -0.388 e. The first-order chi connectivity index (χ1) is 8.97. The Morgan fingerprint density at radius 1 is 1.32 bits per heavy atom. The van der Waals surface area contributed by atoms with Crippen LogP contribution in [0, 0.1) is 6.92 Å². The van der Waals surface area contributed by atoms with Crippen molar-refractivity contribution in [3.63, 3.8) is 0 Å². The molecule has 2 rings (SSSR count). The van der Waals surface area contributed by atoms with Crippen LogP contribution in [-0.4, -0.2) is 14.9 Å². The molecule has 2 aromatic rings. The van der Waals surface area contributed by atoms with E-state index in [0.717, 1.165) is 15.7 Å². The normalized spacial score (nSPS) is 12.9. The summed E-state index contributed by atoms with van der Waals surface area (Å²) in [6.45, 7) is 6.21. The molecular weight excluding hydrogens is 304 g/mol. The maximum absolute atomic E-state index is 10.3. The van der Waals surface area contributed by atoms with Gasteiger partial charge in [-0.3, -0.25) is 4.68 Å². The zero-order chi connectivity index (χ0) is 14.0. The van der Waals surface area contributed by atoms with Gasteiger partial charge in [-0.15, -0.1) is 0 Å². The highest BCUT2D eigenvalue weighted by atomic mass is 79.9. The molecule has 0 bridgehead atoms. The molecule has 0 fully saturated rings. The van der Waals surface area contributed by atoms with Gasteiger partial charge in [-0.1, -0.05) is 28.1 Å².